The third kappa shape index (κ3) is 14.6. The zero-order chi connectivity index (χ0) is 16.5. The lowest BCUT2D eigenvalue weighted by Gasteiger charge is -2.11. The van der Waals surface area contributed by atoms with Crippen LogP contribution in [-0.2, 0) is 18.4 Å². The molecule has 1 amide bonds. The predicted molar refractivity (Wildman–Crippen MR) is 86.9 cm³/mol. The fourth-order valence-electron chi connectivity index (χ4n) is 2.17. The SMILES string of the molecule is COP(OC)OCCCCCCCCCCCCC(=O)NF. The van der Waals surface area contributed by atoms with Gasteiger partial charge < -0.3 is 13.6 Å². The van der Waals surface area contributed by atoms with Gasteiger partial charge >= 0.3 is 8.60 Å². The van der Waals surface area contributed by atoms with Crippen LogP contribution in [0.15, 0.2) is 0 Å². The number of carbonyl (C=O) groups excluding carboxylic acids is 1. The van der Waals surface area contributed by atoms with Gasteiger partial charge in [-0.15, -0.1) is 4.48 Å². The van der Waals surface area contributed by atoms with E-state index in [4.69, 9.17) is 13.6 Å². The maximum atomic E-state index is 11.7. The molecule has 7 heteroatoms. The van der Waals surface area contributed by atoms with Crippen molar-refractivity contribution in [3.05, 3.63) is 0 Å². The fourth-order valence-corrected chi connectivity index (χ4v) is 2.81. The van der Waals surface area contributed by atoms with E-state index in [2.05, 4.69) is 0 Å². The normalized spacial score (nSPS) is 11.1. The van der Waals surface area contributed by atoms with Gasteiger partial charge in [0, 0.05) is 20.6 Å². The first-order valence-corrected chi connectivity index (χ1v) is 9.24. The Morgan fingerprint density at radius 1 is 0.864 bits per heavy atom. The Labute approximate surface area is 135 Å². The summed E-state index contributed by atoms with van der Waals surface area (Å²) in [5, 5.41) is 0. The van der Waals surface area contributed by atoms with Crippen LogP contribution in [0.25, 0.3) is 0 Å². The minimum absolute atomic E-state index is 0.299. The van der Waals surface area contributed by atoms with Crippen LogP contribution in [0.2, 0.25) is 0 Å². The van der Waals surface area contributed by atoms with Crippen molar-refractivity contribution in [2.24, 2.45) is 0 Å². The second-order valence-electron chi connectivity index (χ2n) is 5.23. The molecule has 0 aliphatic rings. The quantitative estimate of drug-likeness (QED) is 0.249. The number of hydrogen-bond acceptors (Lipinski definition) is 4. The van der Waals surface area contributed by atoms with Gasteiger partial charge in [0.1, 0.15) is 0 Å². The summed E-state index contributed by atoms with van der Waals surface area (Å²) in [5.41, 5.74) is 1.16. The first kappa shape index (κ1) is 21.7. The summed E-state index contributed by atoms with van der Waals surface area (Å²) in [4.78, 5) is 10.7. The van der Waals surface area contributed by atoms with Crippen molar-refractivity contribution in [1.29, 1.82) is 0 Å². The minimum atomic E-state index is -1.15. The Morgan fingerprint density at radius 2 is 1.32 bits per heavy atom. The third-order valence-electron chi connectivity index (χ3n) is 3.40. The maximum absolute atomic E-state index is 11.7. The second kappa shape index (κ2) is 17.1. The smallest absolute Gasteiger partial charge is 0.316 e. The van der Waals surface area contributed by atoms with Crippen LogP contribution in [0.4, 0.5) is 4.48 Å². The zero-order valence-electron chi connectivity index (χ0n) is 13.9. The van der Waals surface area contributed by atoms with Gasteiger partial charge in [0.25, 0.3) is 0 Å². The van der Waals surface area contributed by atoms with E-state index in [1.807, 2.05) is 0 Å². The van der Waals surface area contributed by atoms with Crippen molar-refractivity contribution in [2.45, 2.75) is 70.6 Å². The van der Waals surface area contributed by atoms with Gasteiger partial charge in [0.05, 0.1) is 6.61 Å². The Morgan fingerprint density at radius 3 is 1.77 bits per heavy atom. The molecule has 0 heterocycles. The molecule has 0 aromatic carbocycles. The lowest BCUT2D eigenvalue weighted by atomic mass is 10.1. The highest BCUT2D eigenvalue weighted by Crippen LogP contribution is 2.37. The van der Waals surface area contributed by atoms with Gasteiger partial charge in [-0.25, -0.2) is 0 Å². The molecule has 0 rings (SSSR count). The van der Waals surface area contributed by atoms with Gasteiger partial charge in [0.2, 0.25) is 5.91 Å². The average Bonchev–Trinajstić information content (AvgIpc) is 2.55. The number of nitrogens with one attached hydrogen (secondary N) is 1. The predicted octanol–water partition coefficient (Wildman–Crippen LogP) is 4.81. The van der Waals surface area contributed by atoms with Crippen molar-refractivity contribution in [1.82, 2.24) is 5.54 Å². The molecule has 132 valence electrons. The van der Waals surface area contributed by atoms with Crippen LogP contribution in [-0.4, -0.2) is 26.7 Å². The van der Waals surface area contributed by atoms with E-state index in [1.165, 1.54) is 38.5 Å². The molecule has 22 heavy (non-hydrogen) atoms. The molecule has 0 aliphatic carbocycles. The summed E-state index contributed by atoms with van der Waals surface area (Å²) in [5.74, 6) is -0.507. The standard InChI is InChI=1S/C15H31FNO4P/c1-19-22(20-2)21-14-12-10-8-6-4-3-5-7-9-11-13-15(18)17-16/h3-14H2,1-2H3,(H,17,18). The number of rotatable bonds is 16. The topological polar surface area (TPSA) is 56.8 Å². The minimum Gasteiger partial charge on any atom is -0.316 e. The molecule has 5 nitrogen and oxygen atoms in total. The molecular weight excluding hydrogens is 308 g/mol. The molecule has 1 N–H and O–H groups in total. The van der Waals surface area contributed by atoms with Crippen LogP contribution < -0.4 is 5.54 Å². The molecule has 0 aromatic rings. The summed E-state index contributed by atoms with van der Waals surface area (Å²) >= 11 is 0. The molecule has 0 fully saturated rings. The van der Waals surface area contributed by atoms with E-state index < -0.39 is 14.5 Å². The van der Waals surface area contributed by atoms with E-state index in [1.54, 1.807) is 14.2 Å². The largest absolute Gasteiger partial charge is 0.332 e. The molecule has 0 saturated heterocycles. The highest BCUT2D eigenvalue weighted by atomic mass is 31.2. The van der Waals surface area contributed by atoms with Gasteiger partial charge in [0.15, 0.2) is 0 Å². The highest BCUT2D eigenvalue weighted by molar-refractivity contribution is 7.41. The van der Waals surface area contributed by atoms with Crippen molar-refractivity contribution in [2.75, 3.05) is 20.8 Å². The van der Waals surface area contributed by atoms with E-state index in [0.717, 1.165) is 31.2 Å². The third-order valence-corrected chi connectivity index (χ3v) is 4.39. The molecule has 0 atom stereocenters. The summed E-state index contributed by atoms with van der Waals surface area (Å²) < 4.78 is 27.1. The van der Waals surface area contributed by atoms with Gasteiger partial charge in [-0.1, -0.05) is 51.4 Å². The first-order valence-electron chi connectivity index (χ1n) is 8.15. The number of unbranched alkanes of at least 4 members (excludes halogenated alkanes) is 9. The van der Waals surface area contributed by atoms with Gasteiger partial charge in [-0.2, -0.15) is 5.54 Å². The Bertz CT molecular complexity index is 256. The molecule has 0 saturated carbocycles. The fraction of sp³-hybridized carbons (Fsp3) is 0.933. The van der Waals surface area contributed by atoms with Crippen molar-refractivity contribution in [3.63, 3.8) is 0 Å². The monoisotopic (exact) mass is 339 g/mol. The van der Waals surface area contributed by atoms with Crippen LogP contribution in [0.3, 0.4) is 0 Å². The van der Waals surface area contributed by atoms with Crippen molar-refractivity contribution >= 4 is 14.5 Å². The molecular formula is C15H31FNO4P. The maximum Gasteiger partial charge on any atom is 0.332 e. The Kier molecular flexibility index (Phi) is 16.8. The summed E-state index contributed by atoms with van der Waals surface area (Å²) in [6.07, 6.45) is 11.6. The number of carbonyl (C=O) groups is 1. The molecule has 0 bridgehead atoms. The molecule has 0 aliphatic heterocycles. The van der Waals surface area contributed by atoms with E-state index >= 15 is 0 Å². The van der Waals surface area contributed by atoms with E-state index in [9.17, 15) is 9.28 Å². The summed E-state index contributed by atoms with van der Waals surface area (Å²) in [6, 6.07) is 0. The van der Waals surface area contributed by atoms with E-state index in [-0.39, 0.29) is 0 Å². The molecule has 0 spiro atoms. The lowest BCUT2D eigenvalue weighted by Crippen LogP contribution is -2.12. The number of halogens is 1. The lowest BCUT2D eigenvalue weighted by molar-refractivity contribution is -0.125. The Hall–Kier alpha value is -0.290. The van der Waals surface area contributed by atoms with Crippen LogP contribution in [0.5, 0.6) is 0 Å². The van der Waals surface area contributed by atoms with Gasteiger partial charge in [-0.3, -0.25) is 4.79 Å². The highest BCUT2D eigenvalue weighted by Gasteiger charge is 2.06. The van der Waals surface area contributed by atoms with Crippen LogP contribution >= 0.6 is 8.60 Å². The Balaban J connectivity index is 3.10. The molecule has 0 aromatic heterocycles. The summed E-state index contributed by atoms with van der Waals surface area (Å²) in [6.45, 7) is 0.694. The number of hydrogen-bond donors (Lipinski definition) is 1. The zero-order valence-corrected chi connectivity index (χ0v) is 14.8. The van der Waals surface area contributed by atoms with Crippen molar-refractivity contribution < 1.29 is 22.8 Å². The second-order valence-corrected chi connectivity index (χ2v) is 6.66. The van der Waals surface area contributed by atoms with Crippen molar-refractivity contribution in [3.8, 4) is 0 Å². The first-order chi connectivity index (χ1) is 10.7. The summed E-state index contributed by atoms with van der Waals surface area (Å²) in [7, 11) is 2.03. The van der Waals surface area contributed by atoms with Crippen LogP contribution in [0, 0.1) is 0 Å². The van der Waals surface area contributed by atoms with Gasteiger partial charge in [-0.05, 0) is 12.8 Å². The van der Waals surface area contributed by atoms with Crippen LogP contribution in [0.1, 0.15) is 70.6 Å². The van der Waals surface area contributed by atoms with E-state index in [0.29, 0.717) is 13.0 Å². The average molecular weight is 339 g/mol. The number of amides is 1. The molecule has 0 unspecified atom stereocenters. The molecule has 0 radical (unpaired) electrons.